The van der Waals surface area contributed by atoms with Gasteiger partial charge < -0.3 is 14.2 Å². The molecule has 2 aliphatic rings. The van der Waals surface area contributed by atoms with Crippen molar-refractivity contribution in [1.82, 2.24) is 20.3 Å². The molecule has 23 heavy (non-hydrogen) atoms. The molecular formula is C16H21N5O2. The minimum absolute atomic E-state index is 0.414. The summed E-state index contributed by atoms with van der Waals surface area (Å²) in [7, 11) is 0. The summed E-state index contributed by atoms with van der Waals surface area (Å²) in [5, 5.41) is 12.4. The molecule has 0 aliphatic carbocycles. The average molecular weight is 315 g/mol. The molecule has 2 aromatic rings. The van der Waals surface area contributed by atoms with E-state index in [9.17, 15) is 0 Å². The van der Waals surface area contributed by atoms with Gasteiger partial charge in [-0.3, -0.25) is 0 Å². The lowest BCUT2D eigenvalue weighted by atomic mass is 9.81. The van der Waals surface area contributed by atoms with Crippen molar-refractivity contribution in [1.29, 1.82) is 0 Å². The third-order valence-corrected chi connectivity index (χ3v) is 4.88. The molecule has 3 atom stereocenters. The number of fused-ring (bicyclic) bond motifs is 1. The summed E-state index contributed by atoms with van der Waals surface area (Å²) in [6, 6.07) is 4.07. The Morgan fingerprint density at radius 1 is 1.17 bits per heavy atom. The second-order valence-electron chi connectivity index (χ2n) is 6.60. The number of rotatable bonds is 3. The molecule has 0 saturated carbocycles. The molecule has 0 aromatic carbocycles. The van der Waals surface area contributed by atoms with Crippen LogP contribution in [0.1, 0.15) is 17.4 Å². The molecule has 122 valence electrons. The molecule has 2 fully saturated rings. The molecule has 4 rings (SSSR count). The zero-order valence-electron chi connectivity index (χ0n) is 13.5. The van der Waals surface area contributed by atoms with E-state index in [0.29, 0.717) is 29.5 Å². The van der Waals surface area contributed by atoms with Crippen LogP contribution in [-0.4, -0.2) is 46.6 Å². The van der Waals surface area contributed by atoms with Crippen molar-refractivity contribution in [3.63, 3.8) is 0 Å². The van der Waals surface area contributed by atoms with E-state index in [1.807, 2.05) is 19.9 Å². The third kappa shape index (κ3) is 2.93. The first-order valence-electron chi connectivity index (χ1n) is 8.11. The van der Waals surface area contributed by atoms with Crippen LogP contribution in [0.4, 0.5) is 5.82 Å². The first-order chi connectivity index (χ1) is 11.2. The highest BCUT2D eigenvalue weighted by Gasteiger charge is 2.42. The standard InChI is InChI=1S/C16H21N5O2/c1-10-3-4-15(19-18-10)21-6-13-9-22-8-12(14(13)7-21)5-16-17-11(2)20-23-16/h3-4,12-14H,5-9H2,1-2H3/t12-,13-,14+/m1/s1. The van der Waals surface area contributed by atoms with Crippen LogP contribution in [0, 0.1) is 31.6 Å². The first-order valence-corrected chi connectivity index (χ1v) is 8.11. The van der Waals surface area contributed by atoms with Gasteiger partial charge in [0, 0.05) is 25.4 Å². The highest BCUT2D eigenvalue weighted by Crippen LogP contribution is 2.37. The average Bonchev–Trinajstić information content (AvgIpc) is 3.15. The van der Waals surface area contributed by atoms with E-state index >= 15 is 0 Å². The molecule has 0 unspecified atom stereocenters. The van der Waals surface area contributed by atoms with Gasteiger partial charge in [-0.05, 0) is 37.8 Å². The Morgan fingerprint density at radius 2 is 2.09 bits per heavy atom. The molecule has 2 saturated heterocycles. The zero-order valence-corrected chi connectivity index (χ0v) is 13.5. The van der Waals surface area contributed by atoms with Crippen molar-refractivity contribution in [3.05, 3.63) is 29.5 Å². The predicted octanol–water partition coefficient (Wildman–Crippen LogP) is 1.42. The maximum absolute atomic E-state index is 5.83. The van der Waals surface area contributed by atoms with Gasteiger partial charge in [-0.1, -0.05) is 5.16 Å². The van der Waals surface area contributed by atoms with Gasteiger partial charge in [0.2, 0.25) is 5.89 Å². The monoisotopic (exact) mass is 315 g/mol. The third-order valence-electron chi connectivity index (χ3n) is 4.88. The Balaban J connectivity index is 1.48. The predicted molar refractivity (Wildman–Crippen MR) is 83.0 cm³/mol. The van der Waals surface area contributed by atoms with Crippen LogP contribution in [-0.2, 0) is 11.2 Å². The lowest BCUT2D eigenvalue weighted by Gasteiger charge is -2.31. The molecule has 0 N–H and O–H groups in total. The molecular weight excluding hydrogens is 294 g/mol. The highest BCUT2D eigenvalue weighted by molar-refractivity contribution is 5.39. The molecule has 0 spiro atoms. The summed E-state index contributed by atoms with van der Waals surface area (Å²) < 4.78 is 11.1. The number of hydrogen-bond donors (Lipinski definition) is 0. The smallest absolute Gasteiger partial charge is 0.227 e. The summed E-state index contributed by atoms with van der Waals surface area (Å²) in [5.74, 6) is 3.87. The van der Waals surface area contributed by atoms with E-state index in [0.717, 1.165) is 44.2 Å². The minimum atomic E-state index is 0.414. The van der Waals surface area contributed by atoms with Crippen molar-refractivity contribution in [2.24, 2.45) is 17.8 Å². The van der Waals surface area contributed by atoms with Gasteiger partial charge in [-0.2, -0.15) is 10.1 Å². The normalized spacial score (nSPS) is 27.2. The van der Waals surface area contributed by atoms with Crippen LogP contribution >= 0.6 is 0 Å². The van der Waals surface area contributed by atoms with Gasteiger partial charge >= 0.3 is 0 Å². The summed E-state index contributed by atoms with van der Waals surface area (Å²) in [6.07, 6.45) is 0.787. The Bertz CT molecular complexity index is 671. The topological polar surface area (TPSA) is 77.2 Å². The lowest BCUT2D eigenvalue weighted by molar-refractivity contribution is -0.0110. The van der Waals surface area contributed by atoms with Gasteiger partial charge in [0.1, 0.15) is 0 Å². The Hall–Kier alpha value is -2.02. The van der Waals surface area contributed by atoms with E-state index in [1.165, 1.54) is 0 Å². The maximum Gasteiger partial charge on any atom is 0.227 e. The maximum atomic E-state index is 5.83. The van der Waals surface area contributed by atoms with Crippen LogP contribution in [0.15, 0.2) is 16.7 Å². The Labute approximate surface area is 135 Å². The fraction of sp³-hybridized carbons (Fsp3) is 0.625. The van der Waals surface area contributed by atoms with Crippen molar-refractivity contribution in [2.45, 2.75) is 20.3 Å². The van der Waals surface area contributed by atoms with E-state index < -0.39 is 0 Å². The number of aryl methyl sites for hydroxylation is 2. The summed E-state index contributed by atoms with van der Waals surface area (Å²) in [6.45, 7) is 7.35. The summed E-state index contributed by atoms with van der Waals surface area (Å²) >= 11 is 0. The van der Waals surface area contributed by atoms with Crippen LogP contribution in [0.2, 0.25) is 0 Å². The van der Waals surface area contributed by atoms with Crippen LogP contribution in [0.3, 0.4) is 0 Å². The summed E-state index contributed by atoms with van der Waals surface area (Å²) in [4.78, 5) is 6.66. The van der Waals surface area contributed by atoms with Gasteiger partial charge in [0.05, 0.1) is 18.9 Å². The van der Waals surface area contributed by atoms with E-state index in [-0.39, 0.29) is 0 Å². The van der Waals surface area contributed by atoms with Crippen molar-refractivity contribution >= 4 is 5.82 Å². The van der Waals surface area contributed by atoms with Crippen LogP contribution in [0.5, 0.6) is 0 Å². The number of anilines is 1. The molecule has 7 heteroatoms. The van der Waals surface area contributed by atoms with Gasteiger partial charge in [-0.25, -0.2) is 0 Å². The largest absolute Gasteiger partial charge is 0.381 e. The second-order valence-corrected chi connectivity index (χ2v) is 6.60. The van der Waals surface area contributed by atoms with Gasteiger partial charge in [-0.15, -0.1) is 5.10 Å². The fourth-order valence-electron chi connectivity index (χ4n) is 3.71. The molecule has 2 aromatic heterocycles. The molecule has 0 amide bonds. The first kappa shape index (κ1) is 14.6. The summed E-state index contributed by atoms with van der Waals surface area (Å²) in [5.41, 5.74) is 0.943. The quantitative estimate of drug-likeness (QED) is 0.847. The lowest BCUT2D eigenvalue weighted by Crippen LogP contribution is -2.36. The number of ether oxygens (including phenoxy) is 1. The molecule has 2 aliphatic heterocycles. The van der Waals surface area contributed by atoms with Crippen molar-refractivity contribution in [3.8, 4) is 0 Å². The number of nitrogens with zero attached hydrogens (tertiary/aromatic N) is 5. The zero-order chi connectivity index (χ0) is 15.8. The highest BCUT2D eigenvalue weighted by atomic mass is 16.5. The fourth-order valence-corrected chi connectivity index (χ4v) is 3.71. The van der Waals surface area contributed by atoms with Gasteiger partial charge in [0.15, 0.2) is 11.6 Å². The Morgan fingerprint density at radius 3 is 2.83 bits per heavy atom. The molecule has 7 nitrogen and oxygen atoms in total. The SMILES string of the molecule is Cc1ccc(N2C[C@@H]3COC[C@@H](Cc4nc(C)no4)[C@@H]3C2)nn1. The van der Waals surface area contributed by atoms with Crippen LogP contribution in [0.25, 0.3) is 0 Å². The Kier molecular flexibility index (Phi) is 3.72. The molecule has 4 heterocycles. The molecule has 0 bridgehead atoms. The number of hydrogen-bond acceptors (Lipinski definition) is 7. The van der Waals surface area contributed by atoms with Crippen LogP contribution < -0.4 is 4.90 Å². The van der Waals surface area contributed by atoms with E-state index in [2.05, 4.69) is 31.3 Å². The van der Waals surface area contributed by atoms with Crippen molar-refractivity contribution in [2.75, 3.05) is 31.2 Å². The van der Waals surface area contributed by atoms with E-state index in [1.54, 1.807) is 0 Å². The molecule has 0 radical (unpaired) electrons. The van der Waals surface area contributed by atoms with Gasteiger partial charge in [0.25, 0.3) is 0 Å². The minimum Gasteiger partial charge on any atom is -0.381 e. The second kappa shape index (κ2) is 5.88. The van der Waals surface area contributed by atoms with E-state index in [4.69, 9.17) is 9.26 Å². The van der Waals surface area contributed by atoms with Crippen molar-refractivity contribution < 1.29 is 9.26 Å². The number of aromatic nitrogens is 4.